The van der Waals surface area contributed by atoms with Gasteiger partial charge in [-0.2, -0.15) is 13.2 Å². The number of alkyl halides is 3. The quantitative estimate of drug-likeness (QED) is 0.473. The van der Waals surface area contributed by atoms with Gasteiger partial charge in [0.15, 0.2) is 0 Å². The molecule has 1 rings (SSSR count). The SMILES string of the molecule is CCOC(=O)Cc1ccnc(I)c1C(F)(F)F. The number of hydrogen-bond acceptors (Lipinski definition) is 3. The standard InChI is InChI=1S/C10H9F3INO2/c1-2-17-7(16)5-6-3-4-15-9(14)8(6)10(11,12)13/h3-4H,2,5H2,1H3. The summed E-state index contributed by atoms with van der Waals surface area (Å²) in [5, 5.41) is 0. The van der Waals surface area contributed by atoms with Crippen LogP contribution in [0.25, 0.3) is 0 Å². The lowest BCUT2D eigenvalue weighted by Gasteiger charge is -2.13. The van der Waals surface area contributed by atoms with E-state index in [1.54, 1.807) is 6.92 Å². The van der Waals surface area contributed by atoms with Crippen LogP contribution in [0, 0.1) is 3.70 Å². The Hall–Kier alpha value is -0.860. The molecule has 0 radical (unpaired) electrons. The van der Waals surface area contributed by atoms with Gasteiger partial charge < -0.3 is 4.74 Å². The van der Waals surface area contributed by atoms with Gasteiger partial charge >= 0.3 is 12.1 Å². The largest absolute Gasteiger partial charge is 0.466 e. The summed E-state index contributed by atoms with van der Waals surface area (Å²) in [4.78, 5) is 14.8. The van der Waals surface area contributed by atoms with Crippen LogP contribution in [0.2, 0.25) is 0 Å². The molecule has 0 aliphatic heterocycles. The van der Waals surface area contributed by atoms with E-state index in [-0.39, 0.29) is 15.9 Å². The second-order valence-electron chi connectivity index (χ2n) is 3.12. The molecule has 0 saturated carbocycles. The Bertz CT molecular complexity index is 421. The molecule has 0 aliphatic rings. The van der Waals surface area contributed by atoms with Crippen LogP contribution in [-0.2, 0) is 22.1 Å². The topological polar surface area (TPSA) is 39.2 Å². The zero-order valence-electron chi connectivity index (χ0n) is 8.84. The van der Waals surface area contributed by atoms with Gasteiger partial charge in [-0.25, -0.2) is 4.98 Å². The van der Waals surface area contributed by atoms with Gasteiger partial charge in [0.1, 0.15) is 3.70 Å². The van der Waals surface area contributed by atoms with Gasteiger partial charge in [-0.3, -0.25) is 4.79 Å². The molecule has 0 aromatic carbocycles. The van der Waals surface area contributed by atoms with Crippen LogP contribution in [0.3, 0.4) is 0 Å². The first-order chi connectivity index (χ1) is 7.86. The first-order valence-corrected chi connectivity index (χ1v) is 5.80. The van der Waals surface area contributed by atoms with Crippen LogP contribution in [0.5, 0.6) is 0 Å². The third kappa shape index (κ3) is 3.83. The molecule has 7 heteroatoms. The maximum atomic E-state index is 12.7. The average molecular weight is 359 g/mol. The van der Waals surface area contributed by atoms with Gasteiger partial charge in [0.25, 0.3) is 0 Å². The molecule has 1 heterocycles. The molecular weight excluding hydrogens is 350 g/mol. The molecule has 1 aromatic rings. The minimum atomic E-state index is -4.52. The molecule has 0 amide bonds. The summed E-state index contributed by atoms with van der Waals surface area (Å²) < 4.78 is 42.7. The van der Waals surface area contributed by atoms with E-state index in [0.717, 1.165) is 0 Å². The van der Waals surface area contributed by atoms with E-state index >= 15 is 0 Å². The minimum absolute atomic E-state index is 0.115. The van der Waals surface area contributed by atoms with Gasteiger partial charge in [0, 0.05) is 6.20 Å². The second-order valence-corrected chi connectivity index (χ2v) is 4.14. The number of esters is 1. The zero-order chi connectivity index (χ0) is 13.1. The summed E-state index contributed by atoms with van der Waals surface area (Å²) in [6.07, 6.45) is -3.68. The fourth-order valence-corrected chi connectivity index (χ4v) is 2.10. The van der Waals surface area contributed by atoms with Crippen molar-refractivity contribution in [2.45, 2.75) is 19.5 Å². The van der Waals surface area contributed by atoms with Crippen molar-refractivity contribution in [3.63, 3.8) is 0 Å². The Labute approximate surface area is 110 Å². The lowest BCUT2D eigenvalue weighted by Crippen LogP contribution is -2.16. The third-order valence-electron chi connectivity index (χ3n) is 1.91. The van der Waals surface area contributed by atoms with E-state index in [1.807, 2.05) is 0 Å². The van der Waals surface area contributed by atoms with Crippen LogP contribution in [0.4, 0.5) is 13.2 Å². The Morgan fingerprint density at radius 1 is 1.53 bits per heavy atom. The van der Waals surface area contributed by atoms with Gasteiger partial charge in [0.05, 0.1) is 18.6 Å². The second kappa shape index (κ2) is 5.65. The summed E-state index contributed by atoms with van der Waals surface area (Å²) in [5.74, 6) is -0.681. The normalized spacial score (nSPS) is 11.4. The Morgan fingerprint density at radius 2 is 2.18 bits per heavy atom. The Kier molecular flexibility index (Phi) is 4.72. The van der Waals surface area contributed by atoms with Crippen molar-refractivity contribution in [1.29, 1.82) is 0 Å². The smallest absolute Gasteiger partial charge is 0.419 e. The average Bonchev–Trinajstić information content (AvgIpc) is 2.15. The zero-order valence-corrected chi connectivity index (χ0v) is 11.0. The Morgan fingerprint density at radius 3 is 2.71 bits per heavy atom. The van der Waals surface area contributed by atoms with Crippen molar-refractivity contribution in [2.75, 3.05) is 6.61 Å². The predicted molar refractivity (Wildman–Crippen MR) is 62.3 cm³/mol. The van der Waals surface area contributed by atoms with Crippen LogP contribution < -0.4 is 0 Å². The fraction of sp³-hybridized carbons (Fsp3) is 0.400. The van der Waals surface area contributed by atoms with Crippen molar-refractivity contribution in [2.24, 2.45) is 0 Å². The van der Waals surface area contributed by atoms with E-state index in [1.165, 1.54) is 34.9 Å². The fourth-order valence-electron chi connectivity index (χ4n) is 1.29. The number of halogens is 4. The highest BCUT2D eigenvalue weighted by Gasteiger charge is 2.36. The predicted octanol–water partition coefficient (Wildman–Crippen LogP) is 2.81. The molecule has 0 atom stereocenters. The van der Waals surface area contributed by atoms with E-state index in [2.05, 4.69) is 9.72 Å². The highest BCUT2D eigenvalue weighted by Crippen LogP contribution is 2.34. The van der Waals surface area contributed by atoms with Gasteiger partial charge in [-0.1, -0.05) is 0 Å². The molecule has 1 aromatic heterocycles. The summed E-state index contributed by atoms with van der Waals surface area (Å²) in [5.41, 5.74) is -0.982. The van der Waals surface area contributed by atoms with Gasteiger partial charge in [-0.05, 0) is 41.1 Å². The summed E-state index contributed by atoms with van der Waals surface area (Å²) in [6.45, 7) is 1.74. The third-order valence-corrected chi connectivity index (χ3v) is 2.73. The van der Waals surface area contributed by atoms with E-state index in [0.29, 0.717) is 0 Å². The van der Waals surface area contributed by atoms with Crippen molar-refractivity contribution < 1.29 is 22.7 Å². The number of pyridine rings is 1. The molecule has 94 valence electrons. The van der Waals surface area contributed by atoms with Gasteiger partial charge in [0.2, 0.25) is 0 Å². The van der Waals surface area contributed by atoms with Crippen molar-refractivity contribution in [1.82, 2.24) is 4.98 Å². The summed E-state index contributed by atoms with van der Waals surface area (Å²) >= 11 is 1.50. The van der Waals surface area contributed by atoms with E-state index in [4.69, 9.17) is 0 Å². The molecule has 0 bridgehead atoms. The van der Waals surface area contributed by atoms with Crippen LogP contribution in [0.15, 0.2) is 12.3 Å². The number of nitrogens with zero attached hydrogens (tertiary/aromatic N) is 1. The number of carbonyl (C=O) groups excluding carboxylic acids is 1. The first-order valence-electron chi connectivity index (χ1n) is 4.72. The molecule has 0 fully saturated rings. The van der Waals surface area contributed by atoms with E-state index in [9.17, 15) is 18.0 Å². The minimum Gasteiger partial charge on any atom is -0.466 e. The maximum Gasteiger partial charge on any atom is 0.419 e. The summed E-state index contributed by atoms with van der Waals surface area (Å²) in [7, 11) is 0. The summed E-state index contributed by atoms with van der Waals surface area (Å²) in [6, 6.07) is 1.18. The number of rotatable bonds is 3. The highest BCUT2D eigenvalue weighted by molar-refractivity contribution is 14.1. The molecule has 0 unspecified atom stereocenters. The van der Waals surface area contributed by atoms with E-state index < -0.39 is 24.1 Å². The molecule has 3 nitrogen and oxygen atoms in total. The lowest BCUT2D eigenvalue weighted by atomic mass is 10.1. The molecular formula is C10H9F3INO2. The number of carbonyl (C=O) groups is 1. The number of ether oxygens (including phenoxy) is 1. The monoisotopic (exact) mass is 359 g/mol. The maximum absolute atomic E-state index is 12.7. The molecule has 0 N–H and O–H groups in total. The van der Waals surface area contributed by atoms with Crippen molar-refractivity contribution in [3.05, 3.63) is 27.1 Å². The van der Waals surface area contributed by atoms with Gasteiger partial charge in [-0.15, -0.1) is 0 Å². The molecule has 0 aliphatic carbocycles. The first kappa shape index (κ1) is 14.2. The van der Waals surface area contributed by atoms with Crippen molar-refractivity contribution >= 4 is 28.6 Å². The molecule has 17 heavy (non-hydrogen) atoms. The highest BCUT2D eigenvalue weighted by atomic mass is 127. The lowest BCUT2D eigenvalue weighted by molar-refractivity contribution is -0.143. The number of aromatic nitrogens is 1. The van der Waals surface area contributed by atoms with Crippen LogP contribution in [0.1, 0.15) is 18.1 Å². The molecule has 0 saturated heterocycles. The Balaban J connectivity index is 3.08. The number of hydrogen-bond donors (Lipinski definition) is 0. The van der Waals surface area contributed by atoms with Crippen LogP contribution in [-0.4, -0.2) is 17.6 Å². The van der Waals surface area contributed by atoms with Crippen molar-refractivity contribution in [3.8, 4) is 0 Å². The van der Waals surface area contributed by atoms with Crippen LogP contribution >= 0.6 is 22.6 Å². The molecule has 0 spiro atoms.